The Morgan fingerprint density at radius 2 is 1.50 bits per heavy atom. The topological polar surface area (TPSA) is 66.9 Å². The maximum atomic E-state index is 13.5. The lowest BCUT2D eigenvalue weighted by molar-refractivity contribution is -0.138. The first-order valence-electron chi connectivity index (χ1n) is 12.3. The van der Waals surface area contributed by atoms with Crippen molar-refractivity contribution in [3.05, 3.63) is 101 Å². The molecule has 7 heteroatoms. The fourth-order valence-corrected chi connectivity index (χ4v) is 6.36. The van der Waals surface area contributed by atoms with Gasteiger partial charge in [0, 0.05) is 31.6 Å². The summed E-state index contributed by atoms with van der Waals surface area (Å²) in [6.07, 6.45) is 3.70. The molecule has 2 aliphatic rings. The molecule has 2 saturated heterocycles. The molecule has 1 amide bonds. The molecule has 2 aliphatic heterocycles. The Balaban J connectivity index is 1.23. The zero-order valence-electron chi connectivity index (χ0n) is 20.1. The molecule has 5 rings (SSSR count). The molecule has 2 heterocycles. The average molecular weight is 503 g/mol. The normalized spacial score (nSPS) is 20.9. The number of hydrogen-bond donors (Lipinski definition) is 0. The highest BCUT2D eigenvalue weighted by Gasteiger charge is 2.50. The first-order chi connectivity index (χ1) is 17.4. The van der Waals surface area contributed by atoms with E-state index in [9.17, 15) is 13.2 Å². The highest BCUT2D eigenvalue weighted by atomic mass is 32.2. The maximum Gasteiger partial charge on any atom is 0.236 e. The van der Waals surface area contributed by atoms with Gasteiger partial charge < -0.3 is 9.64 Å². The molecule has 36 heavy (non-hydrogen) atoms. The largest absolute Gasteiger partial charge is 0.457 e. The number of nitrogens with zero attached hydrogens (tertiary/aromatic N) is 2. The molecule has 6 nitrogen and oxygen atoms in total. The summed E-state index contributed by atoms with van der Waals surface area (Å²) in [5, 5.41) is 1.26. The molecule has 0 aromatic heterocycles. The molecule has 186 valence electrons. The average Bonchev–Trinajstić information content (AvgIpc) is 3.19. The molecule has 0 bridgehead atoms. The predicted octanol–water partition coefficient (Wildman–Crippen LogP) is 5.29. The van der Waals surface area contributed by atoms with Crippen LogP contribution in [0.3, 0.4) is 0 Å². The van der Waals surface area contributed by atoms with E-state index >= 15 is 0 Å². The van der Waals surface area contributed by atoms with E-state index in [4.69, 9.17) is 4.74 Å². The van der Waals surface area contributed by atoms with Crippen LogP contribution in [0.25, 0.3) is 6.08 Å². The monoisotopic (exact) mass is 502 g/mol. The number of hydrogen-bond acceptors (Lipinski definition) is 4. The van der Waals surface area contributed by atoms with Gasteiger partial charge >= 0.3 is 0 Å². The van der Waals surface area contributed by atoms with Gasteiger partial charge in [0.1, 0.15) is 11.5 Å². The Morgan fingerprint density at radius 3 is 2.22 bits per heavy atom. The number of rotatable bonds is 7. The number of para-hydroxylation sites is 1. The smallest absolute Gasteiger partial charge is 0.236 e. The van der Waals surface area contributed by atoms with E-state index in [-0.39, 0.29) is 12.5 Å². The van der Waals surface area contributed by atoms with Crippen LogP contribution in [0.15, 0.2) is 90.3 Å². The molecule has 0 radical (unpaired) electrons. The van der Waals surface area contributed by atoms with Crippen LogP contribution in [0.1, 0.15) is 30.4 Å². The number of likely N-dealkylation sites (tertiary alicyclic amines) is 1. The fourth-order valence-electron chi connectivity index (χ4n) is 5.05. The van der Waals surface area contributed by atoms with Gasteiger partial charge in [0.25, 0.3) is 0 Å². The van der Waals surface area contributed by atoms with Gasteiger partial charge in [-0.3, -0.25) is 4.79 Å². The van der Waals surface area contributed by atoms with E-state index in [2.05, 4.69) is 0 Å². The third-order valence-corrected chi connectivity index (χ3v) is 8.52. The molecular formula is C29H30N2O4S. The second-order valence-electron chi connectivity index (χ2n) is 9.51. The van der Waals surface area contributed by atoms with Crippen molar-refractivity contribution < 1.29 is 17.9 Å². The molecule has 3 aromatic rings. The summed E-state index contributed by atoms with van der Waals surface area (Å²) < 4.78 is 33.4. The van der Waals surface area contributed by atoms with Crippen molar-refractivity contribution in [2.24, 2.45) is 5.41 Å². The summed E-state index contributed by atoms with van der Waals surface area (Å²) in [4.78, 5) is 15.4. The zero-order chi connectivity index (χ0) is 25.0. The van der Waals surface area contributed by atoms with Gasteiger partial charge in [-0.15, -0.1) is 0 Å². The van der Waals surface area contributed by atoms with Gasteiger partial charge in [0.2, 0.25) is 15.9 Å². The number of piperidine rings is 1. The van der Waals surface area contributed by atoms with Gasteiger partial charge in [-0.05, 0) is 60.7 Å². The van der Waals surface area contributed by atoms with Crippen LogP contribution in [0, 0.1) is 5.41 Å². The quantitative estimate of drug-likeness (QED) is 0.440. The van der Waals surface area contributed by atoms with Crippen LogP contribution in [0.5, 0.6) is 11.5 Å². The van der Waals surface area contributed by atoms with Gasteiger partial charge in [0.05, 0.1) is 5.41 Å². The summed E-state index contributed by atoms with van der Waals surface area (Å²) in [6, 6.07) is 26.7. The van der Waals surface area contributed by atoms with E-state index in [0.29, 0.717) is 32.5 Å². The molecule has 1 atom stereocenters. The van der Waals surface area contributed by atoms with Crippen molar-refractivity contribution >= 4 is 22.0 Å². The predicted molar refractivity (Wildman–Crippen MR) is 141 cm³/mol. The SMILES string of the molecule is O=C1N(Cc2ccc(Oc3ccccc3)cc2)CCC12CCCN(S(=O)(=O)C=Cc1ccccc1)C2. The van der Waals surface area contributed by atoms with Crippen molar-refractivity contribution in [1.29, 1.82) is 0 Å². The van der Waals surface area contributed by atoms with Gasteiger partial charge in [-0.25, -0.2) is 8.42 Å². The Hall–Kier alpha value is -3.42. The van der Waals surface area contributed by atoms with E-state index in [0.717, 1.165) is 29.0 Å². The molecule has 0 aliphatic carbocycles. The van der Waals surface area contributed by atoms with E-state index in [1.165, 1.54) is 9.71 Å². The molecular weight excluding hydrogens is 472 g/mol. The van der Waals surface area contributed by atoms with Crippen molar-refractivity contribution in [3.8, 4) is 11.5 Å². The molecule has 2 fully saturated rings. The maximum absolute atomic E-state index is 13.5. The summed E-state index contributed by atoms with van der Waals surface area (Å²) >= 11 is 0. The molecule has 3 aromatic carbocycles. The van der Waals surface area contributed by atoms with Crippen LogP contribution < -0.4 is 4.74 Å². The number of benzene rings is 3. The van der Waals surface area contributed by atoms with Gasteiger partial charge in [-0.1, -0.05) is 60.7 Å². The lowest BCUT2D eigenvalue weighted by Crippen LogP contribution is -2.49. The molecule has 1 unspecified atom stereocenters. The van der Waals surface area contributed by atoms with Crippen molar-refractivity contribution in [2.45, 2.75) is 25.8 Å². The van der Waals surface area contributed by atoms with E-state index in [1.807, 2.05) is 89.8 Å². The minimum absolute atomic E-state index is 0.0547. The van der Waals surface area contributed by atoms with Crippen LogP contribution >= 0.6 is 0 Å². The molecule has 0 N–H and O–H groups in total. The Bertz CT molecular complexity index is 1320. The standard InChI is InChI=1S/C29H30N2O4S/c32-28-29(17-7-19-31(23-29)36(33,34)21-16-24-8-3-1-4-9-24)18-20-30(28)22-25-12-14-27(15-13-25)35-26-10-5-2-6-11-26/h1-6,8-16,21H,7,17-20,22-23H2. The number of ether oxygens (including phenoxy) is 1. The Morgan fingerprint density at radius 1 is 0.833 bits per heavy atom. The van der Waals surface area contributed by atoms with Crippen LogP contribution in [-0.4, -0.2) is 43.2 Å². The van der Waals surface area contributed by atoms with Crippen molar-refractivity contribution in [1.82, 2.24) is 9.21 Å². The van der Waals surface area contributed by atoms with Gasteiger partial charge in [-0.2, -0.15) is 4.31 Å². The highest BCUT2D eigenvalue weighted by Crippen LogP contribution is 2.41. The fraction of sp³-hybridized carbons (Fsp3) is 0.276. The Labute approximate surface area is 212 Å². The third kappa shape index (κ3) is 5.37. The number of carbonyl (C=O) groups excluding carboxylic acids is 1. The summed E-state index contributed by atoms with van der Waals surface area (Å²) in [7, 11) is -3.61. The first-order valence-corrected chi connectivity index (χ1v) is 13.8. The van der Waals surface area contributed by atoms with Crippen molar-refractivity contribution in [2.75, 3.05) is 19.6 Å². The second-order valence-corrected chi connectivity index (χ2v) is 11.3. The number of sulfonamides is 1. The van der Waals surface area contributed by atoms with E-state index in [1.54, 1.807) is 6.08 Å². The van der Waals surface area contributed by atoms with Crippen LogP contribution in [0.4, 0.5) is 0 Å². The van der Waals surface area contributed by atoms with Gasteiger partial charge in [0.15, 0.2) is 0 Å². The van der Waals surface area contributed by atoms with Crippen LogP contribution in [0.2, 0.25) is 0 Å². The minimum Gasteiger partial charge on any atom is -0.457 e. The summed E-state index contributed by atoms with van der Waals surface area (Å²) in [6.45, 7) is 1.83. The first kappa shape index (κ1) is 24.3. The lowest BCUT2D eigenvalue weighted by atomic mass is 9.79. The van der Waals surface area contributed by atoms with E-state index < -0.39 is 15.4 Å². The van der Waals surface area contributed by atoms with Crippen molar-refractivity contribution in [3.63, 3.8) is 0 Å². The molecule has 1 spiro atoms. The summed E-state index contributed by atoms with van der Waals surface area (Å²) in [5.74, 6) is 1.57. The minimum atomic E-state index is -3.61. The summed E-state index contributed by atoms with van der Waals surface area (Å²) in [5.41, 5.74) is 1.21. The van der Waals surface area contributed by atoms with Crippen LogP contribution in [-0.2, 0) is 21.4 Å². The zero-order valence-corrected chi connectivity index (χ0v) is 20.9. The second kappa shape index (κ2) is 10.3. The number of carbonyl (C=O) groups is 1. The number of amides is 1. The Kier molecular flexibility index (Phi) is 6.94. The highest BCUT2D eigenvalue weighted by molar-refractivity contribution is 7.92. The third-order valence-electron chi connectivity index (χ3n) is 7.01. The molecule has 0 saturated carbocycles. The lowest BCUT2D eigenvalue weighted by Gasteiger charge is -2.37.